The third kappa shape index (κ3) is 9.85. The van der Waals surface area contributed by atoms with Crippen LogP contribution in [-0.2, 0) is 9.84 Å². The fourth-order valence-corrected chi connectivity index (χ4v) is 4.37. The molecule has 0 spiro atoms. The van der Waals surface area contributed by atoms with Crippen LogP contribution in [0.5, 0.6) is 0 Å². The molecule has 1 saturated heterocycles. The Morgan fingerprint density at radius 3 is 2.59 bits per heavy atom. The van der Waals surface area contributed by atoms with Gasteiger partial charge in [0.1, 0.15) is 9.84 Å². The van der Waals surface area contributed by atoms with Gasteiger partial charge in [0, 0.05) is 23.9 Å². The van der Waals surface area contributed by atoms with Crippen molar-refractivity contribution in [3.8, 4) is 0 Å². The molecule has 1 aliphatic heterocycles. The molecule has 2 unspecified atom stereocenters. The number of nitrogens with zero attached hydrogens (tertiary/aromatic N) is 2. The van der Waals surface area contributed by atoms with Crippen molar-refractivity contribution in [1.82, 2.24) is 15.5 Å². The van der Waals surface area contributed by atoms with E-state index < -0.39 is 9.84 Å². The van der Waals surface area contributed by atoms with Crippen molar-refractivity contribution >= 4 is 51.4 Å². The van der Waals surface area contributed by atoms with Gasteiger partial charge in [0.05, 0.1) is 18.3 Å². The highest BCUT2D eigenvalue weighted by atomic mass is 127. The van der Waals surface area contributed by atoms with Crippen molar-refractivity contribution in [2.24, 2.45) is 4.99 Å². The summed E-state index contributed by atoms with van der Waals surface area (Å²) in [6.45, 7) is 7.51. The number of nitrogens with one attached hydrogen (secondary N) is 2. The lowest BCUT2D eigenvalue weighted by atomic mass is 10.1. The normalized spacial score (nSPS) is 17.4. The smallest absolute Gasteiger partial charge is 0.191 e. The zero-order valence-corrected chi connectivity index (χ0v) is 21.4. The van der Waals surface area contributed by atoms with Crippen molar-refractivity contribution in [2.45, 2.75) is 45.2 Å². The zero-order valence-electron chi connectivity index (χ0n) is 17.5. The average molecular weight is 557 g/mol. The van der Waals surface area contributed by atoms with Gasteiger partial charge in [0.15, 0.2) is 5.96 Å². The highest BCUT2D eigenvalue weighted by molar-refractivity contribution is 14.0. The van der Waals surface area contributed by atoms with Gasteiger partial charge in [-0.1, -0.05) is 23.7 Å². The van der Waals surface area contributed by atoms with Gasteiger partial charge in [-0.25, -0.2) is 8.42 Å². The minimum absolute atomic E-state index is 0. The predicted molar refractivity (Wildman–Crippen MR) is 133 cm³/mol. The summed E-state index contributed by atoms with van der Waals surface area (Å²) in [4.78, 5) is 7.27. The van der Waals surface area contributed by atoms with Crippen LogP contribution in [0.1, 0.15) is 44.7 Å². The topological polar surface area (TPSA) is 73.8 Å². The third-order valence-corrected chi connectivity index (χ3v) is 6.10. The molecule has 1 aliphatic rings. The summed E-state index contributed by atoms with van der Waals surface area (Å²) >= 11 is 6.22. The molecule has 1 aromatic carbocycles. The van der Waals surface area contributed by atoms with Gasteiger partial charge in [-0.15, -0.1) is 24.0 Å². The second-order valence-electron chi connectivity index (χ2n) is 7.50. The first-order valence-electron chi connectivity index (χ1n) is 10.0. The Balaban J connectivity index is 0.00000420. The average Bonchev–Trinajstić information content (AvgIpc) is 3.14. The number of aliphatic imine (C=N–C) groups is 1. The van der Waals surface area contributed by atoms with Crippen LogP contribution in [0.15, 0.2) is 29.3 Å². The zero-order chi connectivity index (χ0) is 20.6. The molecule has 29 heavy (non-hydrogen) atoms. The van der Waals surface area contributed by atoms with E-state index in [0.717, 1.165) is 30.6 Å². The lowest BCUT2D eigenvalue weighted by Gasteiger charge is -2.27. The number of halogens is 2. The minimum Gasteiger partial charge on any atom is -0.357 e. The molecule has 1 heterocycles. The van der Waals surface area contributed by atoms with Gasteiger partial charge in [0.2, 0.25) is 0 Å². The van der Waals surface area contributed by atoms with Crippen molar-refractivity contribution in [3.63, 3.8) is 0 Å². The second-order valence-corrected chi connectivity index (χ2v) is 10.2. The van der Waals surface area contributed by atoms with Crippen molar-refractivity contribution in [2.75, 3.05) is 38.2 Å². The molecule has 6 nitrogen and oxygen atoms in total. The number of benzene rings is 1. The van der Waals surface area contributed by atoms with Gasteiger partial charge in [-0.2, -0.15) is 0 Å². The third-order valence-electron chi connectivity index (χ3n) is 4.89. The number of sulfone groups is 1. The predicted octanol–water partition coefficient (Wildman–Crippen LogP) is 3.47. The first-order valence-corrected chi connectivity index (χ1v) is 12.4. The Bertz CT molecular complexity index is 755. The van der Waals surface area contributed by atoms with E-state index in [4.69, 9.17) is 16.6 Å². The van der Waals surface area contributed by atoms with Crippen LogP contribution in [0.25, 0.3) is 0 Å². The summed E-state index contributed by atoms with van der Waals surface area (Å²) in [7, 11) is -2.96. The van der Waals surface area contributed by atoms with E-state index in [9.17, 15) is 8.42 Å². The molecule has 0 aromatic heterocycles. The first kappa shape index (κ1) is 26.5. The van der Waals surface area contributed by atoms with Crippen LogP contribution in [-0.4, -0.2) is 63.5 Å². The van der Waals surface area contributed by atoms with Gasteiger partial charge in [0.25, 0.3) is 0 Å². The van der Waals surface area contributed by atoms with Crippen LogP contribution < -0.4 is 10.6 Å². The maximum atomic E-state index is 11.4. The number of likely N-dealkylation sites (tertiary alicyclic amines) is 1. The molecule has 2 rings (SSSR count). The molecule has 1 aromatic rings. The van der Waals surface area contributed by atoms with Crippen LogP contribution in [0.2, 0.25) is 5.02 Å². The van der Waals surface area contributed by atoms with Crippen molar-refractivity contribution < 1.29 is 8.42 Å². The largest absolute Gasteiger partial charge is 0.357 e. The molecule has 2 atom stereocenters. The Morgan fingerprint density at radius 2 is 2.00 bits per heavy atom. The molecule has 166 valence electrons. The molecule has 0 saturated carbocycles. The summed E-state index contributed by atoms with van der Waals surface area (Å²) in [5, 5.41) is 7.33. The monoisotopic (exact) mass is 556 g/mol. The van der Waals surface area contributed by atoms with Gasteiger partial charge < -0.3 is 10.6 Å². The quantitative estimate of drug-likeness (QED) is 0.277. The Hall–Kier alpha value is -0.580. The number of guanidine groups is 1. The van der Waals surface area contributed by atoms with Crippen LogP contribution >= 0.6 is 35.6 Å². The van der Waals surface area contributed by atoms with E-state index in [1.165, 1.54) is 24.7 Å². The molecular weight excluding hydrogens is 523 g/mol. The maximum Gasteiger partial charge on any atom is 0.191 e. The van der Waals surface area contributed by atoms with Crippen LogP contribution in [0, 0.1) is 0 Å². The van der Waals surface area contributed by atoms with Crippen LogP contribution in [0.3, 0.4) is 0 Å². The van der Waals surface area contributed by atoms with E-state index in [2.05, 4.69) is 21.6 Å². The molecule has 2 N–H and O–H groups in total. The van der Waals surface area contributed by atoms with Gasteiger partial charge in [-0.05, 0) is 63.9 Å². The summed E-state index contributed by atoms with van der Waals surface area (Å²) in [5.74, 6) is 0.883. The van der Waals surface area contributed by atoms with Gasteiger partial charge >= 0.3 is 0 Å². The molecule has 0 bridgehead atoms. The summed E-state index contributed by atoms with van der Waals surface area (Å²) in [5.41, 5.74) is 1.18. The second kappa shape index (κ2) is 13.0. The molecule has 0 radical (unpaired) electrons. The first-order chi connectivity index (χ1) is 13.3. The molecule has 9 heteroatoms. The number of rotatable bonds is 9. The molecular formula is C20H34ClIN4O2S. The summed E-state index contributed by atoms with van der Waals surface area (Å²) < 4.78 is 22.8. The van der Waals surface area contributed by atoms with Crippen LogP contribution in [0.4, 0.5) is 0 Å². The summed E-state index contributed by atoms with van der Waals surface area (Å²) in [6.07, 6.45) is 4.24. The van der Waals surface area contributed by atoms with E-state index in [0.29, 0.717) is 13.0 Å². The Morgan fingerprint density at radius 1 is 1.31 bits per heavy atom. The minimum atomic E-state index is -2.96. The van der Waals surface area contributed by atoms with Gasteiger partial charge in [-0.3, -0.25) is 9.89 Å². The number of hydrogen-bond donors (Lipinski definition) is 2. The molecule has 1 fully saturated rings. The van der Waals surface area contributed by atoms with E-state index >= 15 is 0 Å². The van der Waals surface area contributed by atoms with Crippen molar-refractivity contribution in [3.05, 3.63) is 34.9 Å². The molecule has 0 amide bonds. The fourth-order valence-electron chi connectivity index (χ4n) is 3.39. The van der Waals surface area contributed by atoms with E-state index in [1.54, 1.807) is 0 Å². The van der Waals surface area contributed by atoms with Crippen molar-refractivity contribution in [1.29, 1.82) is 0 Å². The fraction of sp³-hybridized carbons (Fsp3) is 0.650. The molecule has 0 aliphatic carbocycles. The standard InChI is InChI=1S/C20H33ClN4O2S.HI/c1-4-22-20(24-16(2)10-13-28(3,26)27)23-15-19(25-11-5-6-12-25)17-8-7-9-18(21)14-17;/h7-9,14,16,19H,4-6,10-13,15H2,1-3H3,(H2,22,23,24);1H. The highest BCUT2D eigenvalue weighted by Gasteiger charge is 2.23. The number of hydrogen-bond acceptors (Lipinski definition) is 4. The SMILES string of the molecule is CCNC(=NCC(c1cccc(Cl)c1)N1CCCC1)NC(C)CCS(C)(=O)=O.I. The lowest BCUT2D eigenvalue weighted by Crippen LogP contribution is -2.43. The summed E-state index contributed by atoms with van der Waals surface area (Å²) in [6, 6.07) is 8.21. The van der Waals surface area contributed by atoms with E-state index in [-0.39, 0.29) is 41.8 Å². The maximum absolute atomic E-state index is 11.4. The highest BCUT2D eigenvalue weighted by Crippen LogP contribution is 2.27. The lowest BCUT2D eigenvalue weighted by molar-refractivity contribution is 0.251. The Labute approximate surface area is 197 Å². The van der Waals surface area contributed by atoms with E-state index in [1.807, 2.05) is 32.0 Å². The Kier molecular flexibility index (Phi) is 11.8.